The highest BCUT2D eigenvalue weighted by molar-refractivity contribution is 5.87. The predicted octanol–water partition coefficient (Wildman–Crippen LogP) is 0.0169. The topological polar surface area (TPSA) is 71.8 Å². The first kappa shape index (κ1) is 10.6. The molecule has 6 heteroatoms. The van der Waals surface area contributed by atoms with Gasteiger partial charge in [0.05, 0.1) is 12.2 Å². The number of anilines is 1. The molecule has 0 saturated carbocycles. The molecule has 0 aromatic carbocycles. The van der Waals surface area contributed by atoms with Crippen LogP contribution in [0, 0.1) is 0 Å². The number of likely N-dealkylation sites (N-methyl/N-ethyl adjacent to an activating group) is 1. The zero-order valence-corrected chi connectivity index (χ0v) is 8.61. The van der Waals surface area contributed by atoms with E-state index in [1.807, 2.05) is 14.0 Å². The minimum Gasteiger partial charge on any atom is -0.318 e. The third-order valence-corrected chi connectivity index (χ3v) is 1.71. The van der Waals surface area contributed by atoms with Gasteiger partial charge in [-0.1, -0.05) is 0 Å². The van der Waals surface area contributed by atoms with Gasteiger partial charge in [0.25, 0.3) is 0 Å². The Kier molecular flexibility index (Phi) is 3.58. The summed E-state index contributed by atoms with van der Waals surface area (Å²) in [6.07, 6.45) is 1.54. The van der Waals surface area contributed by atoms with Crippen LogP contribution in [0.1, 0.15) is 19.9 Å². The summed E-state index contributed by atoms with van der Waals surface area (Å²) in [6, 6.07) is 0.169. The molecular formula is C8H15N5O. The van der Waals surface area contributed by atoms with E-state index in [0.29, 0.717) is 5.82 Å². The second-order valence-electron chi connectivity index (χ2n) is 3.14. The summed E-state index contributed by atoms with van der Waals surface area (Å²) in [7, 11) is 1.87. The van der Waals surface area contributed by atoms with Crippen molar-refractivity contribution >= 4 is 11.7 Å². The van der Waals surface area contributed by atoms with Crippen molar-refractivity contribution in [2.45, 2.75) is 19.9 Å². The first-order valence-corrected chi connectivity index (χ1v) is 4.47. The first-order valence-electron chi connectivity index (χ1n) is 4.47. The summed E-state index contributed by atoms with van der Waals surface area (Å²) >= 11 is 0. The Bertz CT molecular complexity index is 308. The Labute approximate surface area is 82.7 Å². The van der Waals surface area contributed by atoms with Crippen LogP contribution < -0.4 is 10.6 Å². The number of hydrogen-bond donors (Lipinski definition) is 2. The smallest absolute Gasteiger partial charge is 0.222 e. The third kappa shape index (κ3) is 2.81. The SMILES string of the molecule is CNCC(C)n1ncc(NC(C)=O)n1. The average Bonchev–Trinajstić information content (AvgIpc) is 2.52. The number of rotatable bonds is 4. The fourth-order valence-corrected chi connectivity index (χ4v) is 1.10. The van der Waals surface area contributed by atoms with Crippen LogP contribution in [0.5, 0.6) is 0 Å². The molecule has 1 amide bonds. The van der Waals surface area contributed by atoms with E-state index in [-0.39, 0.29) is 11.9 Å². The van der Waals surface area contributed by atoms with Crippen molar-refractivity contribution in [1.82, 2.24) is 20.3 Å². The number of carbonyl (C=O) groups is 1. The number of aromatic nitrogens is 3. The Morgan fingerprint density at radius 2 is 2.43 bits per heavy atom. The van der Waals surface area contributed by atoms with E-state index < -0.39 is 0 Å². The van der Waals surface area contributed by atoms with Gasteiger partial charge in [-0.15, -0.1) is 5.10 Å². The summed E-state index contributed by atoms with van der Waals surface area (Å²) in [5, 5.41) is 13.7. The van der Waals surface area contributed by atoms with E-state index in [1.54, 1.807) is 4.80 Å². The summed E-state index contributed by atoms with van der Waals surface area (Å²) in [6.45, 7) is 4.22. The zero-order chi connectivity index (χ0) is 10.6. The highest BCUT2D eigenvalue weighted by atomic mass is 16.1. The lowest BCUT2D eigenvalue weighted by Crippen LogP contribution is -2.21. The monoisotopic (exact) mass is 197 g/mol. The van der Waals surface area contributed by atoms with Gasteiger partial charge in [0.15, 0.2) is 5.82 Å². The molecule has 1 atom stereocenters. The number of nitrogens with zero attached hydrogens (tertiary/aromatic N) is 3. The van der Waals surface area contributed by atoms with Crippen molar-refractivity contribution in [2.24, 2.45) is 0 Å². The minimum atomic E-state index is -0.140. The average molecular weight is 197 g/mol. The van der Waals surface area contributed by atoms with Gasteiger partial charge in [0.2, 0.25) is 5.91 Å². The van der Waals surface area contributed by atoms with Gasteiger partial charge in [0, 0.05) is 13.5 Å². The fraction of sp³-hybridized carbons (Fsp3) is 0.625. The maximum atomic E-state index is 10.7. The van der Waals surface area contributed by atoms with Crippen molar-refractivity contribution in [1.29, 1.82) is 0 Å². The maximum absolute atomic E-state index is 10.7. The molecule has 0 aliphatic heterocycles. The number of carbonyl (C=O) groups excluding carboxylic acids is 1. The van der Waals surface area contributed by atoms with E-state index in [4.69, 9.17) is 0 Å². The van der Waals surface area contributed by atoms with Gasteiger partial charge in [-0.25, -0.2) is 0 Å². The Morgan fingerprint density at radius 3 is 3.00 bits per heavy atom. The van der Waals surface area contributed by atoms with Crippen LogP contribution in [-0.4, -0.2) is 34.5 Å². The van der Waals surface area contributed by atoms with Crippen LogP contribution in [0.4, 0.5) is 5.82 Å². The van der Waals surface area contributed by atoms with Gasteiger partial charge >= 0.3 is 0 Å². The van der Waals surface area contributed by atoms with E-state index in [1.165, 1.54) is 13.1 Å². The number of amides is 1. The second kappa shape index (κ2) is 4.71. The number of hydrogen-bond acceptors (Lipinski definition) is 4. The normalized spacial score (nSPS) is 12.5. The van der Waals surface area contributed by atoms with E-state index in [2.05, 4.69) is 20.8 Å². The molecule has 0 radical (unpaired) electrons. The Morgan fingerprint density at radius 1 is 1.71 bits per heavy atom. The quantitative estimate of drug-likeness (QED) is 0.713. The summed E-state index contributed by atoms with van der Waals surface area (Å²) in [4.78, 5) is 12.3. The van der Waals surface area contributed by atoms with E-state index in [0.717, 1.165) is 6.54 Å². The molecule has 1 unspecified atom stereocenters. The molecule has 0 spiro atoms. The Balaban J connectivity index is 2.62. The maximum Gasteiger partial charge on any atom is 0.222 e. The standard InChI is InChI=1S/C8H15N5O/c1-6(4-9-3)13-10-5-8(12-13)11-7(2)14/h5-6,9H,4H2,1-3H3,(H,11,12,14). The van der Waals surface area contributed by atoms with Crippen molar-refractivity contribution in [3.05, 3.63) is 6.20 Å². The molecule has 1 rings (SSSR count). The van der Waals surface area contributed by atoms with Gasteiger partial charge in [-0.2, -0.15) is 9.90 Å². The van der Waals surface area contributed by atoms with Gasteiger partial charge in [0.1, 0.15) is 0 Å². The first-order chi connectivity index (χ1) is 6.63. The zero-order valence-electron chi connectivity index (χ0n) is 8.61. The predicted molar refractivity (Wildman–Crippen MR) is 53.0 cm³/mol. The van der Waals surface area contributed by atoms with E-state index >= 15 is 0 Å². The molecule has 0 aliphatic rings. The van der Waals surface area contributed by atoms with Crippen molar-refractivity contribution in [2.75, 3.05) is 18.9 Å². The highest BCUT2D eigenvalue weighted by Gasteiger charge is 2.07. The lowest BCUT2D eigenvalue weighted by molar-refractivity contribution is -0.114. The summed E-state index contributed by atoms with van der Waals surface area (Å²) in [5.74, 6) is 0.346. The van der Waals surface area contributed by atoms with Crippen LogP contribution in [-0.2, 0) is 4.79 Å². The fourth-order valence-electron chi connectivity index (χ4n) is 1.10. The molecule has 0 bridgehead atoms. The van der Waals surface area contributed by atoms with Crippen molar-refractivity contribution in [3.63, 3.8) is 0 Å². The molecule has 2 N–H and O–H groups in total. The van der Waals surface area contributed by atoms with Crippen LogP contribution in [0.25, 0.3) is 0 Å². The molecular weight excluding hydrogens is 182 g/mol. The Hall–Kier alpha value is -1.43. The highest BCUT2D eigenvalue weighted by Crippen LogP contribution is 2.04. The molecule has 1 aromatic heterocycles. The van der Waals surface area contributed by atoms with Gasteiger partial charge in [-0.05, 0) is 14.0 Å². The molecule has 1 heterocycles. The lowest BCUT2D eigenvalue weighted by atomic mass is 10.4. The van der Waals surface area contributed by atoms with E-state index in [9.17, 15) is 4.79 Å². The lowest BCUT2D eigenvalue weighted by Gasteiger charge is -2.08. The third-order valence-electron chi connectivity index (χ3n) is 1.71. The second-order valence-corrected chi connectivity index (χ2v) is 3.14. The molecule has 78 valence electrons. The van der Waals surface area contributed by atoms with Gasteiger partial charge in [-0.3, -0.25) is 4.79 Å². The molecule has 6 nitrogen and oxygen atoms in total. The minimum absolute atomic E-state index is 0.140. The summed E-state index contributed by atoms with van der Waals surface area (Å²) in [5.41, 5.74) is 0. The molecule has 0 aliphatic carbocycles. The largest absolute Gasteiger partial charge is 0.318 e. The molecule has 1 aromatic rings. The summed E-state index contributed by atoms with van der Waals surface area (Å²) < 4.78 is 0. The van der Waals surface area contributed by atoms with Crippen LogP contribution in [0.2, 0.25) is 0 Å². The molecule has 14 heavy (non-hydrogen) atoms. The van der Waals surface area contributed by atoms with Crippen molar-refractivity contribution in [3.8, 4) is 0 Å². The number of nitrogens with one attached hydrogen (secondary N) is 2. The van der Waals surface area contributed by atoms with Crippen LogP contribution in [0.3, 0.4) is 0 Å². The van der Waals surface area contributed by atoms with Gasteiger partial charge < -0.3 is 10.6 Å². The van der Waals surface area contributed by atoms with Crippen LogP contribution >= 0.6 is 0 Å². The molecule has 0 fully saturated rings. The molecule has 0 saturated heterocycles. The van der Waals surface area contributed by atoms with Crippen molar-refractivity contribution < 1.29 is 4.79 Å². The van der Waals surface area contributed by atoms with Crippen LogP contribution in [0.15, 0.2) is 6.20 Å².